The first-order chi connectivity index (χ1) is 11.6. The SMILES string of the molecule is C=Cc1c(C)cc(/C=C(\C)CB2OC(C)(C)C(C)(C)O2)cc1F.CC. The van der Waals surface area contributed by atoms with E-state index in [0.717, 1.165) is 16.7 Å². The van der Waals surface area contributed by atoms with Crippen molar-refractivity contribution in [3.05, 3.63) is 46.8 Å². The van der Waals surface area contributed by atoms with Gasteiger partial charge < -0.3 is 9.31 Å². The Balaban J connectivity index is 0.00000151. The minimum Gasteiger partial charge on any atom is -0.403 e. The molecule has 138 valence electrons. The van der Waals surface area contributed by atoms with Crippen molar-refractivity contribution in [3.63, 3.8) is 0 Å². The fraction of sp³-hybridized carbons (Fsp3) is 0.524. The predicted octanol–water partition coefficient (Wildman–Crippen LogP) is 6.30. The van der Waals surface area contributed by atoms with Crippen LogP contribution in [-0.4, -0.2) is 18.3 Å². The zero-order valence-electron chi connectivity index (χ0n) is 17.0. The molecule has 0 saturated carbocycles. The topological polar surface area (TPSA) is 18.5 Å². The summed E-state index contributed by atoms with van der Waals surface area (Å²) in [6, 6.07) is 3.51. The van der Waals surface area contributed by atoms with Crippen molar-refractivity contribution in [2.45, 2.75) is 72.9 Å². The Hall–Kier alpha value is -1.39. The van der Waals surface area contributed by atoms with Crippen molar-refractivity contribution < 1.29 is 13.7 Å². The van der Waals surface area contributed by atoms with Crippen LogP contribution in [0.2, 0.25) is 6.32 Å². The molecule has 0 bridgehead atoms. The molecule has 0 aliphatic carbocycles. The Morgan fingerprint density at radius 2 is 1.68 bits per heavy atom. The second-order valence-corrected chi connectivity index (χ2v) is 7.32. The largest absolute Gasteiger partial charge is 0.462 e. The molecule has 1 aliphatic rings. The Morgan fingerprint density at radius 1 is 1.16 bits per heavy atom. The van der Waals surface area contributed by atoms with Gasteiger partial charge in [0, 0.05) is 11.9 Å². The normalized spacial score (nSPS) is 18.6. The smallest absolute Gasteiger partial charge is 0.403 e. The van der Waals surface area contributed by atoms with Crippen LogP contribution in [0.25, 0.3) is 12.2 Å². The van der Waals surface area contributed by atoms with Crippen LogP contribution >= 0.6 is 0 Å². The van der Waals surface area contributed by atoms with E-state index >= 15 is 0 Å². The van der Waals surface area contributed by atoms with Crippen LogP contribution in [0.5, 0.6) is 0 Å². The molecule has 2 rings (SSSR count). The highest BCUT2D eigenvalue weighted by Gasteiger charge is 2.50. The van der Waals surface area contributed by atoms with Gasteiger partial charge in [0.05, 0.1) is 11.2 Å². The van der Waals surface area contributed by atoms with Gasteiger partial charge in [0.1, 0.15) is 5.82 Å². The minimum absolute atomic E-state index is 0.241. The van der Waals surface area contributed by atoms with Crippen LogP contribution in [0.3, 0.4) is 0 Å². The monoisotopic (exact) mass is 346 g/mol. The van der Waals surface area contributed by atoms with Crippen LogP contribution in [0.1, 0.15) is 65.2 Å². The third-order valence-electron chi connectivity index (χ3n) is 4.77. The van der Waals surface area contributed by atoms with Gasteiger partial charge in [-0.05, 0) is 58.7 Å². The van der Waals surface area contributed by atoms with Gasteiger partial charge in [-0.25, -0.2) is 4.39 Å². The van der Waals surface area contributed by atoms with E-state index in [1.807, 2.05) is 67.5 Å². The van der Waals surface area contributed by atoms with Crippen LogP contribution in [0.15, 0.2) is 24.3 Å². The molecule has 1 saturated heterocycles. The average Bonchev–Trinajstić information content (AvgIpc) is 2.67. The van der Waals surface area contributed by atoms with E-state index in [9.17, 15) is 4.39 Å². The molecule has 2 nitrogen and oxygen atoms in total. The average molecular weight is 346 g/mol. The molecule has 1 aromatic rings. The third-order valence-corrected chi connectivity index (χ3v) is 4.77. The molecule has 1 aromatic carbocycles. The first-order valence-corrected chi connectivity index (χ1v) is 9.01. The lowest BCUT2D eigenvalue weighted by Gasteiger charge is -2.32. The van der Waals surface area contributed by atoms with E-state index in [1.165, 1.54) is 6.07 Å². The summed E-state index contributed by atoms with van der Waals surface area (Å²) in [7, 11) is -0.269. The first kappa shape index (κ1) is 21.7. The lowest BCUT2D eigenvalue weighted by molar-refractivity contribution is 0.00578. The number of aryl methyl sites for hydroxylation is 1. The molecule has 25 heavy (non-hydrogen) atoms. The fourth-order valence-corrected chi connectivity index (χ4v) is 2.78. The summed E-state index contributed by atoms with van der Waals surface area (Å²) in [5.41, 5.74) is 2.73. The molecule has 0 aromatic heterocycles. The summed E-state index contributed by atoms with van der Waals surface area (Å²) < 4.78 is 26.0. The van der Waals surface area contributed by atoms with Crippen molar-refractivity contribution in [1.29, 1.82) is 0 Å². The highest BCUT2D eigenvalue weighted by molar-refractivity contribution is 6.46. The van der Waals surface area contributed by atoms with Crippen LogP contribution in [-0.2, 0) is 9.31 Å². The molecule has 4 heteroatoms. The Bertz CT molecular complexity index is 608. The molecule has 0 unspecified atom stereocenters. The second-order valence-electron chi connectivity index (χ2n) is 7.32. The zero-order chi connectivity index (χ0) is 19.4. The van der Waals surface area contributed by atoms with Gasteiger partial charge in [-0.2, -0.15) is 0 Å². The molecule has 0 N–H and O–H groups in total. The van der Waals surface area contributed by atoms with Crippen LogP contribution in [0, 0.1) is 12.7 Å². The molecule has 0 amide bonds. The number of allylic oxidation sites excluding steroid dienone is 1. The molecule has 1 aliphatic heterocycles. The zero-order valence-corrected chi connectivity index (χ0v) is 17.0. The Kier molecular flexibility index (Phi) is 7.22. The van der Waals surface area contributed by atoms with E-state index in [1.54, 1.807) is 6.08 Å². The van der Waals surface area contributed by atoms with Crippen molar-refractivity contribution >= 4 is 19.3 Å². The second kappa shape index (κ2) is 8.33. The predicted molar refractivity (Wildman–Crippen MR) is 107 cm³/mol. The Morgan fingerprint density at radius 3 is 2.12 bits per heavy atom. The third kappa shape index (κ3) is 5.05. The van der Waals surface area contributed by atoms with Gasteiger partial charge in [0.25, 0.3) is 0 Å². The van der Waals surface area contributed by atoms with E-state index in [-0.39, 0.29) is 24.1 Å². The minimum atomic E-state index is -0.327. The number of rotatable bonds is 4. The molecule has 0 spiro atoms. The van der Waals surface area contributed by atoms with Gasteiger partial charge in [-0.15, -0.1) is 0 Å². The molecule has 1 fully saturated rings. The highest BCUT2D eigenvalue weighted by Crippen LogP contribution is 2.38. The summed E-state index contributed by atoms with van der Waals surface area (Å²) in [5.74, 6) is -0.241. The van der Waals surface area contributed by atoms with E-state index < -0.39 is 0 Å². The maximum absolute atomic E-state index is 14.0. The van der Waals surface area contributed by atoms with Gasteiger partial charge in [0.15, 0.2) is 0 Å². The molecule has 0 atom stereocenters. The lowest BCUT2D eigenvalue weighted by Crippen LogP contribution is -2.41. The number of halogens is 1. The molecule has 1 heterocycles. The molecular weight excluding hydrogens is 314 g/mol. The fourth-order valence-electron chi connectivity index (χ4n) is 2.78. The van der Waals surface area contributed by atoms with Crippen molar-refractivity contribution in [2.75, 3.05) is 0 Å². The van der Waals surface area contributed by atoms with Crippen molar-refractivity contribution in [1.82, 2.24) is 0 Å². The summed E-state index contributed by atoms with van der Waals surface area (Å²) in [6.07, 6.45) is 4.19. The highest BCUT2D eigenvalue weighted by atomic mass is 19.1. The number of hydrogen-bond acceptors (Lipinski definition) is 2. The maximum atomic E-state index is 14.0. The summed E-state index contributed by atoms with van der Waals surface area (Å²) in [5, 5.41) is 0. The van der Waals surface area contributed by atoms with Crippen LogP contribution < -0.4 is 0 Å². The maximum Gasteiger partial charge on any atom is 0.462 e. The molecule has 0 radical (unpaired) electrons. The van der Waals surface area contributed by atoms with E-state index in [2.05, 4.69) is 6.58 Å². The van der Waals surface area contributed by atoms with Crippen LogP contribution in [0.4, 0.5) is 4.39 Å². The van der Waals surface area contributed by atoms with Gasteiger partial charge in [-0.1, -0.05) is 44.2 Å². The van der Waals surface area contributed by atoms with E-state index in [4.69, 9.17) is 9.31 Å². The quantitative estimate of drug-likeness (QED) is 0.596. The number of hydrogen-bond donors (Lipinski definition) is 0. The Labute approximate surface area is 153 Å². The van der Waals surface area contributed by atoms with Crippen molar-refractivity contribution in [3.8, 4) is 0 Å². The number of benzene rings is 1. The first-order valence-electron chi connectivity index (χ1n) is 9.01. The summed E-state index contributed by atoms with van der Waals surface area (Å²) in [6.45, 7) is 19.7. The standard InChI is InChI=1S/C19H26BFO2.C2H6/c1-8-16-14(3)10-15(11-17(16)21)9-13(2)12-20-22-18(4,5)19(6,7)23-20;1-2/h8-11H,1,12H2,2-7H3;1-2H3/b13-9+;. The van der Waals surface area contributed by atoms with Crippen molar-refractivity contribution in [2.24, 2.45) is 0 Å². The summed E-state index contributed by atoms with van der Waals surface area (Å²) >= 11 is 0. The van der Waals surface area contributed by atoms with E-state index in [0.29, 0.717) is 11.9 Å². The lowest BCUT2D eigenvalue weighted by atomic mass is 9.80. The van der Waals surface area contributed by atoms with Gasteiger partial charge in [-0.3, -0.25) is 0 Å². The van der Waals surface area contributed by atoms with Gasteiger partial charge >= 0.3 is 7.12 Å². The van der Waals surface area contributed by atoms with Gasteiger partial charge in [0.2, 0.25) is 0 Å². The summed E-state index contributed by atoms with van der Waals surface area (Å²) in [4.78, 5) is 0. The molecular formula is C21H32BFO2.